The molecule has 2 aromatic rings. The summed E-state index contributed by atoms with van der Waals surface area (Å²) in [5.74, 6) is -0.625. The van der Waals surface area contributed by atoms with Crippen LogP contribution in [-0.2, 0) is 10.9 Å². The lowest BCUT2D eigenvalue weighted by Gasteiger charge is -2.09. The van der Waals surface area contributed by atoms with Gasteiger partial charge < -0.3 is 4.74 Å². The minimum Gasteiger partial charge on any atom is -0.464 e. The number of alkyl halides is 3. The number of rotatable bonds is 1. The average molecular weight is 381 g/mol. The summed E-state index contributed by atoms with van der Waals surface area (Å²) in [4.78, 5) is 15.4. The van der Waals surface area contributed by atoms with Crippen LogP contribution in [0.3, 0.4) is 0 Å². The fourth-order valence-electron chi connectivity index (χ4n) is 1.57. The maximum Gasteiger partial charge on any atom is 0.416 e. The fraction of sp³-hybridized carbons (Fsp3) is 0.167. The summed E-state index contributed by atoms with van der Waals surface area (Å²) in [6, 6.07) is 4.60. The van der Waals surface area contributed by atoms with Gasteiger partial charge in [0, 0.05) is 8.96 Å². The van der Waals surface area contributed by atoms with Crippen LogP contribution in [0.5, 0.6) is 0 Å². The van der Waals surface area contributed by atoms with Crippen molar-refractivity contribution in [3.63, 3.8) is 0 Å². The first-order valence-corrected chi connectivity index (χ1v) is 6.16. The van der Waals surface area contributed by atoms with E-state index >= 15 is 0 Å². The quantitative estimate of drug-likeness (QED) is 0.560. The van der Waals surface area contributed by atoms with Crippen LogP contribution in [0.15, 0.2) is 24.3 Å². The van der Waals surface area contributed by atoms with Crippen molar-refractivity contribution >= 4 is 39.5 Å². The van der Waals surface area contributed by atoms with Crippen LogP contribution in [-0.4, -0.2) is 18.1 Å². The van der Waals surface area contributed by atoms with Gasteiger partial charge in [-0.3, -0.25) is 0 Å². The number of benzene rings is 1. The lowest BCUT2D eigenvalue weighted by atomic mass is 10.1. The first-order valence-electron chi connectivity index (χ1n) is 5.09. The number of hydrogen-bond acceptors (Lipinski definition) is 3. The van der Waals surface area contributed by atoms with Gasteiger partial charge >= 0.3 is 12.1 Å². The van der Waals surface area contributed by atoms with Gasteiger partial charge in [-0.1, -0.05) is 0 Å². The molecule has 0 saturated carbocycles. The Hall–Kier alpha value is -1.38. The summed E-state index contributed by atoms with van der Waals surface area (Å²) in [5, 5.41) is 0.350. The molecule has 0 aliphatic carbocycles. The van der Waals surface area contributed by atoms with Crippen molar-refractivity contribution in [1.82, 2.24) is 4.98 Å². The molecule has 0 atom stereocenters. The minimum atomic E-state index is -4.40. The van der Waals surface area contributed by atoms with Crippen molar-refractivity contribution in [3.05, 3.63) is 39.1 Å². The van der Waals surface area contributed by atoms with Gasteiger partial charge in [-0.25, -0.2) is 9.78 Å². The highest BCUT2D eigenvalue weighted by atomic mass is 127. The molecule has 1 aromatic carbocycles. The Balaban J connectivity index is 2.63. The second-order valence-corrected chi connectivity index (χ2v) is 4.87. The Bertz CT molecular complexity index is 655. The molecule has 0 spiro atoms. The molecule has 0 unspecified atom stereocenters. The van der Waals surface area contributed by atoms with E-state index in [0.717, 1.165) is 12.1 Å². The van der Waals surface area contributed by atoms with Gasteiger partial charge in [0.1, 0.15) is 5.69 Å². The molecule has 100 valence electrons. The molecule has 7 heteroatoms. The molecule has 0 saturated heterocycles. The monoisotopic (exact) mass is 381 g/mol. The van der Waals surface area contributed by atoms with Crippen molar-refractivity contribution in [2.75, 3.05) is 7.11 Å². The Labute approximate surface area is 119 Å². The van der Waals surface area contributed by atoms with E-state index in [0.29, 0.717) is 14.5 Å². The normalized spacial score (nSPS) is 11.6. The topological polar surface area (TPSA) is 39.2 Å². The zero-order valence-electron chi connectivity index (χ0n) is 9.58. The van der Waals surface area contributed by atoms with Crippen LogP contribution in [0, 0.1) is 3.57 Å². The number of esters is 1. The number of halogens is 4. The molecule has 1 aromatic heterocycles. The van der Waals surface area contributed by atoms with Crippen molar-refractivity contribution in [2.45, 2.75) is 6.18 Å². The van der Waals surface area contributed by atoms with Gasteiger partial charge in [0.15, 0.2) is 0 Å². The highest BCUT2D eigenvalue weighted by Crippen LogP contribution is 2.32. The number of hydrogen-bond donors (Lipinski definition) is 0. The number of ether oxygens (including phenoxy) is 1. The third kappa shape index (κ3) is 2.80. The molecule has 2 rings (SSSR count). The molecule has 0 amide bonds. The predicted octanol–water partition coefficient (Wildman–Crippen LogP) is 3.64. The van der Waals surface area contributed by atoms with Crippen LogP contribution in [0.2, 0.25) is 0 Å². The van der Waals surface area contributed by atoms with E-state index in [2.05, 4.69) is 9.72 Å². The van der Waals surface area contributed by atoms with Crippen LogP contribution in [0.1, 0.15) is 16.1 Å². The van der Waals surface area contributed by atoms with Crippen molar-refractivity contribution in [1.29, 1.82) is 0 Å². The van der Waals surface area contributed by atoms with Crippen molar-refractivity contribution in [2.24, 2.45) is 0 Å². The maximum absolute atomic E-state index is 12.6. The highest BCUT2D eigenvalue weighted by molar-refractivity contribution is 14.1. The Kier molecular flexibility index (Phi) is 3.66. The van der Waals surface area contributed by atoms with Crippen LogP contribution < -0.4 is 0 Å². The number of carbonyl (C=O) groups is 1. The summed E-state index contributed by atoms with van der Waals surface area (Å²) in [6.07, 6.45) is -4.40. The molecule has 0 N–H and O–H groups in total. The molecule has 0 radical (unpaired) electrons. The van der Waals surface area contributed by atoms with Gasteiger partial charge in [0.25, 0.3) is 0 Å². The van der Waals surface area contributed by atoms with Gasteiger partial charge in [-0.2, -0.15) is 13.2 Å². The van der Waals surface area contributed by atoms with Crippen LogP contribution >= 0.6 is 22.6 Å². The summed E-state index contributed by atoms with van der Waals surface area (Å²) < 4.78 is 42.9. The molecule has 1 heterocycles. The van der Waals surface area contributed by atoms with E-state index in [9.17, 15) is 18.0 Å². The molecular weight excluding hydrogens is 374 g/mol. The zero-order chi connectivity index (χ0) is 14.2. The molecule has 0 aliphatic heterocycles. The molecule has 3 nitrogen and oxygen atoms in total. The average Bonchev–Trinajstić information content (AvgIpc) is 2.36. The SMILES string of the molecule is COC(=O)c1cc(I)c2cc(C(F)(F)F)ccc2n1. The standard InChI is InChI=1S/C12H7F3INO2/c1-19-11(18)10-5-8(16)7-4-6(12(13,14)15)2-3-9(7)17-10/h2-5H,1H3. The van der Waals surface area contributed by atoms with E-state index in [4.69, 9.17) is 0 Å². The van der Waals surface area contributed by atoms with Gasteiger partial charge in [0.2, 0.25) is 0 Å². The number of nitrogens with zero attached hydrogens (tertiary/aromatic N) is 1. The third-order valence-electron chi connectivity index (χ3n) is 2.48. The van der Waals surface area contributed by atoms with E-state index in [1.807, 2.05) is 22.6 Å². The van der Waals surface area contributed by atoms with Crippen LogP contribution in [0.4, 0.5) is 13.2 Å². The van der Waals surface area contributed by atoms with E-state index in [-0.39, 0.29) is 5.69 Å². The fourth-order valence-corrected chi connectivity index (χ4v) is 2.30. The summed E-state index contributed by atoms with van der Waals surface area (Å²) >= 11 is 1.86. The van der Waals surface area contributed by atoms with E-state index < -0.39 is 17.7 Å². The van der Waals surface area contributed by atoms with Crippen molar-refractivity contribution < 1.29 is 22.7 Å². The summed E-state index contributed by atoms with van der Waals surface area (Å²) in [7, 11) is 1.22. The van der Waals surface area contributed by atoms with Gasteiger partial charge in [-0.05, 0) is 46.9 Å². The van der Waals surface area contributed by atoms with E-state index in [1.54, 1.807) is 0 Å². The predicted molar refractivity (Wildman–Crippen MR) is 70.8 cm³/mol. The largest absolute Gasteiger partial charge is 0.464 e. The van der Waals surface area contributed by atoms with E-state index in [1.165, 1.54) is 19.2 Å². The van der Waals surface area contributed by atoms with Crippen molar-refractivity contribution in [3.8, 4) is 0 Å². The lowest BCUT2D eigenvalue weighted by molar-refractivity contribution is -0.137. The third-order valence-corrected chi connectivity index (χ3v) is 3.37. The number of carbonyl (C=O) groups excluding carboxylic acids is 1. The maximum atomic E-state index is 12.6. The molecular formula is C12H7F3INO2. The second kappa shape index (κ2) is 4.95. The second-order valence-electron chi connectivity index (χ2n) is 3.71. The molecule has 19 heavy (non-hydrogen) atoms. The molecule has 0 aliphatic rings. The summed E-state index contributed by atoms with van der Waals surface area (Å²) in [6.45, 7) is 0. The van der Waals surface area contributed by atoms with Gasteiger partial charge in [0.05, 0.1) is 18.2 Å². The van der Waals surface area contributed by atoms with Crippen LogP contribution in [0.25, 0.3) is 10.9 Å². The number of methoxy groups -OCH3 is 1. The highest BCUT2D eigenvalue weighted by Gasteiger charge is 2.30. The molecule has 0 fully saturated rings. The number of aromatic nitrogens is 1. The Morgan fingerprint density at radius 1 is 1.32 bits per heavy atom. The smallest absolute Gasteiger partial charge is 0.416 e. The number of pyridine rings is 1. The first-order chi connectivity index (χ1) is 8.82. The Morgan fingerprint density at radius 2 is 2.00 bits per heavy atom. The minimum absolute atomic E-state index is 0.0687. The number of fused-ring (bicyclic) bond motifs is 1. The van der Waals surface area contributed by atoms with Gasteiger partial charge in [-0.15, -0.1) is 0 Å². The molecule has 0 bridgehead atoms. The Morgan fingerprint density at radius 3 is 2.58 bits per heavy atom. The lowest BCUT2D eigenvalue weighted by Crippen LogP contribution is -2.07. The zero-order valence-corrected chi connectivity index (χ0v) is 11.7. The first kappa shape index (κ1) is 14.0. The summed E-state index contributed by atoms with van der Waals surface area (Å²) in [5.41, 5.74) is -0.356.